The summed E-state index contributed by atoms with van der Waals surface area (Å²) in [7, 11) is 1.63. The molecule has 64 valence electrons. The SMILES string of the molecule is C=C(S)Cc1cc(OC)ccn1. The van der Waals surface area contributed by atoms with E-state index in [1.54, 1.807) is 13.3 Å². The molecule has 0 saturated heterocycles. The van der Waals surface area contributed by atoms with Crippen molar-refractivity contribution in [3.8, 4) is 5.75 Å². The summed E-state index contributed by atoms with van der Waals surface area (Å²) in [5, 5.41) is 0. The Morgan fingerprint density at radius 3 is 3.08 bits per heavy atom. The molecule has 1 rings (SSSR count). The molecule has 1 aromatic rings. The molecule has 0 spiro atoms. The molecule has 1 heterocycles. The Bertz CT molecular complexity index is 286. The van der Waals surface area contributed by atoms with Crippen molar-refractivity contribution in [3.05, 3.63) is 35.5 Å². The van der Waals surface area contributed by atoms with Crippen LogP contribution in [0.5, 0.6) is 5.75 Å². The summed E-state index contributed by atoms with van der Waals surface area (Å²) in [4.78, 5) is 4.94. The van der Waals surface area contributed by atoms with Crippen LogP contribution >= 0.6 is 12.6 Å². The van der Waals surface area contributed by atoms with Gasteiger partial charge in [-0.1, -0.05) is 6.58 Å². The first-order chi connectivity index (χ1) is 5.72. The van der Waals surface area contributed by atoms with Crippen LogP contribution in [0.3, 0.4) is 0 Å². The lowest BCUT2D eigenvalue weighted by Gasteiger charge is -2.01. The first-order valence-electron chi connectivity index (χ1n) is 3.58. The third-order valence-corrected chi connectivity index (χ3v) is 1.57. The van der Waals surface area contributed by atoms with E-state index in [0.29, 0.717) is 6.42 Å². The fourth-order valence-corrected chi connectivity index (χ4v) is 1.05. The quantitative estimate of drug-likeness (QED) is 0.721. The van der Waals surface area contributed by atoms with Crippen LogP contribution in [0.1, 0.15) is 5.69 Å². The van der Waals surface area contributed by atoms with E-state index in [9.17, 15) is 0 Å². The van der Waals surface area contributed by atoms with Crippen molar-refractivity contribution in [2.45, 2.75) is 6.42 Å². The second-order valence-corrected chi connectivity index (χ2v) is 3.06. The number of methoxy groups -OCH3 is 1. The summed E-state index contributed by atoms with van der Waals surface area (Å²) in [5.74, 6) is 0.814. The summed E-state index contributed by atoms with van der Waals surface area (Å²) in [6.45, 7) is 3.69. The van der Waals surface area contributed by atoms with Gasteiger partial charge in [0.1, 0.15) is 5.75 Å². The highest BCUT2D eigenvalue weighted by Gasteiger charge is 1.97. The van der Waals surface area contributed by atoms with Crippen LogP contribution in [0.2, 0.25) is 0 Å². The zero-order valence-corrected chi connectivity index (χ0v) is 7.84. The fourth-order valence-electron chi connectivity index (χ4n) is 0.889. The lowest BCUT2D eigenvalue weighted by Crippen LogP contribution is -1.90. The molecule has 0 radical (unpaired) electrons. The first-order valence-corrected chi connectivity index (χ1v) is 4.03. The number of pyridine rings is 1. The van der Waals surface area contributed by atoms with Gasteiger partial charge in [-0.2, -0.15) is 0 Å². The molecule has 0 aromatic carbocycles. The van der Waals surface area contributed by atoms with E-state index in [1.165, 1.54) is 0 Å². The molecule has 0 N–H and O–H groups in total. The van der Waals surface area contributed by atoms with Gasteiger partial charge in [-0.15, -0.1) is 12.6 Å². The second-order valence-electron chi connectivity index (χ2n) is 2.43. The molecule has 0 fully saturated rings. The molecule has 0 bridgehead atoms. The Kier molecular flexibility index (Phi) is 3.17. The molecule has 12 heavy (non-hydrogen) atoms. The molecule has 0 aliphatic carbocycles. The van der Waals surface area contributed by atoms with Gasteiger partial charge in [0.25, 0.3) is 0 Å². The number of thiol groups is 1. The van der Waals surface area contributed by atoms with E-state index in [4.69, 9.17) is 4.74 Å². The average Bonchev–Trinajstić information content (AvgIpc) is 2.03. The Morgan fingerprint density at radius 2 is 2.50 bits per heavy atom. The lowest BCUT2D eigenvalue weighted by atomic mass is 10.2. The maximum absolute atomic E-state index is 5.04. The van der Waals surface area contributed by atoms with Crippen LogP contribution in [0.15, 0.2) is 29.8 Å². The molecule has 0 atom stereocenters. The highest BCUT2D eigenvalue weighted by molar-refractivity contribution is 7.84. The Labute approximate surface area is 77.7 Å². The van der Waals surface area contributed by atoms with Crippen molar-refractivity contribution < 1.29 is 4.74 Å². The summed E-state index contributed by atoms with van der Waals surface area (Å²) in [6, 6.07) is 3.69. The Morgan fingerprint density at radius 1 is 1.75 bits per heavy atom. The standard InChI is InChI=1S/C9H11NOS/c1-7(12)5-8-6-9(11-2)3-4-10-8/h3-4,6,12H,1,5H2,2H3. The van der Waals surface area contributed by atoms with E-state index in [1.807, 2.05) is 12.1 Å². The van der Waals surface area contributed by atoms with E-state index < -0.39 is 0 Å². The largest absolute Gasteiger partial charge is 0.497 e. The average molecular weight is 181 g/mol. The normalized spacial score (nSPS) is 9.50. The van der Waals surface area contributed by atoms with Gasteiger partial charge >= 0.3 is 0 Å². The third kappa shape index (κ3) is 2.58. The number of hydrogen-bond donors (Lipinski definition) is 1. The van der Waals surface area contributed by atoms with Gasteiger partial charge in [0.2, 0.25) is 0 Å². The van der Waals surface area contributed by atoms with Gasteiger partial charge in [0.05, 0.1) is 7.11 Å². The predicted molar refractivity (Wildman–Crippen MR) is 52.6 cm³/mol. The Balaban J connectivity index is 2.79. The number of aromatic nitrogens is 1. The molecule has 0 saturated carbocycles. The third-order valence-electron chi connectivity index (χ3n) is 1.41. The number of allylic oxidation sites excluding steroid dienone is 1. The summed E-state index contributed by atoms with van der Waals surface area (Å²) in [5.41, 5.74) is 0.925. The number of nitrogens with zero attached hydrogens (tertiary/aromatic N) is 1. The maximum Gasteiger partial charge on any atom is 0.122 e. The van der Waals surface area contributed by atoms with E-state index in [0.717, 1.165) is 16.3 Å². The molecule has 2 nitrogen and oxygen atoms in total. The summed E-state index contributed by atoms with van der Waals surface area (Å²) < 4.78 is 5.04. The maximum atomic E-state index is 5.04. The van der Waals surface area contributed by atoms with Gasteiger partial charge in [-0.05, 0) is 11.0 Å². The minimum atomic E-state index is 0.681. The van der Waals surface area contributed by atoms with Crippen LogP contribution in [0.4, 0.5) is 0 Å². The van der Waals surface area contributed by atoms with Gasteiger partial charge in [0.15, 0.2) is 0 Å². The molecule has 3 heteroatoms. The van der Waals surface area contributed by atoms with Crippen molar-refractivity contribution in [1.82, 2.24) is 4.98 Å². The molecular weight excluding hydrogens is 170 g/mol. The fraction of sp³-hybridized carbons (Fsp3) is 0.222. The lowest BCUT2D eigenvalue weighted by molar-refractivity contribution is 0.413. The second kappa shape index (κ2) is 4.16. The van der Waals surface area contributed by atoms with Gasteiger partial charge < -0.3 is 4.74 Å². The predicted octanol–water partition coefficient (Wildman–Crippen LogP) is 2.08. The van der Waals surface area contributed by atoms with E-state index >= 15 is 0 Å². The van der Waals surface area contributed by atoms with Crippen LogP contribution < -0.4 is 4.74 Å². The number of hydrogen-bond acceptors (Lipinski definition) is 3. The minimum absolute atomic E-state index is 0.681. The molecule has 1 aromatic heterocycles. The van der Waals surface area contributed by atoms with Crippen LogP contribution in [0.25, 0.3) is 0 Å². The van der Waals surface area contributed by atoms with Crippen molar-refractivity contribution in [1.29, 1.82) is 0 Å². The number of rotatable bonds is 3. The summed E-state index contributed by atoms with van der Waals surface area (Å²) in [6.07, 6.45) is 2.39. The number of ether oxygens (including phenoxy) is 1. The molecule has 0 aliphatic rings. The van der Waals surface area contributed by atoms with Gasteiger partial charge in [-0.3, -0.25) is 4.98 Å². The zero-order chi connectivity index (χ0) is 8.97. The Hall–Kier alpha value is -0.960. The van der Waals surface area contributed by atoms with Gasteiger partial charge in [-0.25, -0.2) is 0 Å². The smallest absolute Gasteiger partial charge is 0.122 e. The van der Waals surface area contributed by atoms with E-state index in [2.05, 4.69) is 24.2 Å². The van der Waals surface area contributed by atoms with Crippen LogP contribution in [0, 0.1) is 0 Å². The minimum Gasteiger partial charge on any atom is -0.497 e. The molecule has 0 amide bonds. The molecular formula is C9H11NOS. The highest BCUT2D eigenvalue weighted by Crippen LogP contribution is 2.13. The van der Waals surface area contributed by atoms with Crippen molar-refractivity contribution in [2.24, 2.45) is 0 Å². The first kappa shape index (κ1) is 9.13. The topological polar surface area (TPSA) is 22.1 Å². The van der Waals surface area contributed by atoms with Gasteiger partial charge in [0, 0.05) is 24.4 Å². The monoisotopic (exact) mass is 181 g/mol. The van der Waals surface area contributed by atoms with Crippen LogP contribution in [-0.2, 0) is 6.42 Å². The molecule has 0 aliphatic heterocycles. The molecule has 0 unspecified atom stereocenters. The van der Waals surface area contributed by atoms with Crippen molar-refractivity contribution in [3.63, 3.8) is 0 Å². The van der Waals surface area contributed by atoms with Crippen LogP contribution in [-0.4, -0.2) is 12.1 Å². The highest BCUT2D eigenvalue weighted by atomic mass is 32.1. The van der Waals surface area contributed by atoms with Crippen molar-refractivity contribution >= 4 is 12.6 Å². The zero-order valence-electron chi connectivity index (χ0n) is 6.95. The van der Waals surface area contributed by atoms with Crippen molar-refractivity contribution in [2.75, 3.05) is 7.11 Å². The summed E-state index contributed by atoms with van der Waals surface area (Å²) >= 11 is 4.10. The van der Waals surface area contributed by atoms with E-state index in [-0.39, 0.29) is 0 Å².